The molecule has 0 saturated carbocycles. The highest BCUT2D eigenvalue weighted by molar-refractivity contribution is 5.95. The first-order valence-electron chi connectivity index (χ1n) is 11.1. The number of carboxylic acids is 1. The summed E-state index contributed by atoms with van der Waals surface area (Å²) < 4.78 is 0. The molecular formula is C20H38N8O7. The van der Waals surface area contributed by atoms with Gasteiger partial charge in [0.15, 0.2) is 5.96 Å². The van der Waals surface area contributed by atoms with E-state index in [-0.39, 0.29) is 37.7 Å². The van der Waals surface area contributed by atoms with E-state index in [2.05, 4.69) is 20.9 Å². The average Bonchev–Trinajstić information content (AvgIpc) is 2.71. The molecule has 35 heavy (non-hydrogen) atoms. The number of primary amides is 1. The normalized spacial score (nSPS) is 15.1. The second-order valence-corrected chi connectivity index (χ2v) is 8.54. The number of carbonyl (C=O) groups is 5. The van der Waals surface area contributed by atoms with Crippen LogP contribution in [0.25, 0.3) is 0 Å². The summed E-state index contributed by atoms with van der Waals surface area (Å²) in [6.07, 6.45) is -1.41. The van der Waals surface area contributed by atoms with Crippen molar-refractivity contribution in [1.29, 1.82) is 0 Å². The van der Waals surface area contributed by atoms with E-state index in [9.17, 15) is 34.2 Å². The maximum absolute atomic E-state index is 12.8. The molecule has 5 unspecified atom stereocenters. The van der Waals surface area contributed by atoms with Gasteiger partial charge in [-0.1, -0.05) is 13.8 Å². The Labute approximate surface area is 203 Å². The Morgan fingerprint density at radius 2 is 1.46 bits per heavy atom. The number of hydrogen-bond acceptors (Lipinski definition) is 8. The number of hydrogen-bond donors (Lipinski definition) is 9. The van der Waals surface area contributed by atoms with E-state index in [1.54, 1.807) is 13.8 Å². The van der Waals surface area contributed by atoms with Gasteiger partial charge >= 0.3 is 5.97 Å². The van der Waals surface area contributed by atoms with Crippen LogP contribution in [0, 0.1) is 5.92 Å². The molecule has 0 radical (unpaired) electrons. The van der Waals surface area contributed by atoms with Gasteiger partial charge in [-0.2, -0.15) is 0 Å². The van der Waals surface area contributed by atoms with Crippen molar-refractivity contribution in [3.05, 3.63) is 0 Å². The number of rotatable bonds is 16. The summed E-state index contributed by atoms with van der Waals surface area (Å²) in [5.41, 5.74) is 21.0. The number of aliphatic hydroxyl groups is 1. The minimum atomic E-state index is -1.50. The van der Waals surface area contributed by atoms with E-state index in [4.69, 9.17) is 22.9 Å². The van der Waals surface area contributed by atoms with Gasteiger partial charge in [-0.15, -0.1) is 0 Å². The third-order valence-corrected chi connectivity index (χ3v) is 4.72. The summed E-state index contributed by atoms with van der Waals surface area (Å²) in [4.78, 5) is 64.1. The predicted molar refractivity (Wildman–Crippen MR) is 126 cm³/mol. The highest BCUT2D eigenvalue weighted by Crippen LogP contribution is 2.08. The number of nitrogens with two attached hydrogens (primary N) is 4. The van der Waals surface area contributed by atoms with Crippen molar-refractivity contribution in [3.63, 3.8) is 0 Å². The predicted octanol–water partition coefficient (Wildman–Crippen LogP) is -3.79. The highest BCUT2D eigenvalue weighted by Gasteiger charge is 2.32. The molecule has 0 aliphatic heterocycles. The van der Waals surface area contributed by atoms with Gasteiger partial charge in [0.1, 0.15) is 18.1 Å². The standard InChI is InChI=1S/C20H38N8O7/c1-9(2)7-13(17(32)26-12(19(34)35)5-4-6-25-20(23)24)27-18(33)15(10(3)29)28-16(31)11(21)8-14(22)30/h9-13,15,29H,4-8,21H2,1-3H3,(H2,22,30)(H,26,32)(H,27,33)(H,28,31)(H,34,35)(H4,23,24,25). The van der Waals surface area contributed by atoms with E-state index in [1.165, 1.54) is 6.92 Å². The van der Waals surface area contributed by atoms with Gasteiger partial charge in [0.2, 0.25) is 23.6 Å². The average molecular weight is 503 g/mol. The zero-order valence-electron chi connectivity index (χ0n) is 20.2. The quantitative estimate of drug-likeness (QED) is 0.0563. The van der Waals surface area contributed by atoms with Crippen LogP contribution in [-0.2, 0) is 24.0 Å². The van der Waals surface area contributed by atoms with Crippen LogP contribution < -0.4 is 38.9 Å². The zero-order chi connectivity index (χ0) is 27.3. The lowest BCUT2D eigenvalue weighted by atomic mass is 10.0. The third-order valence-electron chi connectivity index (χ3n) is 4.72. The van der Waals surface area contributed by atoms with Gasteiger partial charge in [-0.25, -0.2) is 4.79 Å². The molecule has 15 heteroatoms. The number of carbonyl (C=O) groups excluding carboxylic acids is 4. The Morgan fingerprint density at radius 1 is 0.886 bits per heavy atom. The minimum absolute atomic E-state index is 0.0320. The van der Waals surface area contributed by atoms with Crippen LogP contribution in [-0.4, -0.2) is 82.6 Å². The third kappa shape index (κ3) is 13.1. The molecular weight excluding hydrogens is 464 g/mol. The first kappa shape index (κ1) is 31.5. The Morgan fingerprint density at radius 3 is 1.91 bits per heavy atom. The molecule has 13 N–H and O–H groups in total. The van der Waals surface area contributed by atoms with Crippen molar-refractivity contribution >= 4 is 35.6 Å². The van der Waals surface area contributed by atoms with E-state index in [1.807, 2.05) is 0 Å². The second kappa shape index (κ2) is 15.4. The summed E-state index contributed by atoms with van der Waals surface area (Å²) in [5, 5.41) is 26.5. The molecule has 0 aromatic carbocycles. The van der Waals surface area contributed by atoms with Crippen LogP contribution in [0.4, 0.5) is 0 Å². The monoisotopic (exact) mass is 502 g/mol. The molecule has 0 fully saturated rings. The summed E-state index contributed by atoms with van der Waals surface area (Å²) in [7, 11) is 0. The summed E-state index contributed by atoms with van der Waals surface area (Å²) >= 11 is 0. The lowest BCUT2D eigenvalue weighted by Gasteiger charge is -2.27. The number of nitrogens with zero attached hydrogens (tertiary/aromatic N) is 1. The highest BCUT2D eigenvalue weighted by atomic mass is 16.4. The molecule has 0 aromatic rings. The van der Waals surface area contributed by atoms with Crippen LogP contribution in [0.15, 0.2) is 4.99 Å². The summed E-state index contributed by atoms with van der Waals surface area (Å²) in [6, 6.07) is -5.27. The molecule has 15 nitrogen and oxygen atoms in total. The molecule has 5 atom stereocenters. The lowest BCUT2D eigenvalue weighted by Crippen LogP contribution is -2.60. The van der Waals surface area contributed by atoms with Gasteiger partial charge in [-0.3, -0.25) is 24.2 Å². The molecule has 0 saturated heterocycles. The van der Waals surface area contributed by atoms with Crippen molar-refractivity contribution < 1.29 is 34.2 Å². The Balaban J connectivity index is 5.41. The van der Waals surface area contributed by atoms with Crippen molar-refractivity contribution in [2.75, 3.05) is 6.54 Å². The molecule has 200 valence electrons. The van der Waals surface area contributed by atoms with Crippen LogP contribution in [0.3, 0.4) is 0 Å². The first-order chi connectivity index (χ1) is 16.1. The van der Waals surface area contributed by atoms with E-state index in [0.29, 0.717) is 0 Å². The molecule has 0 aromatic heterocycles. The SMILES string of the molecule is CC(C)CC(NC(=O)C(NC(=O)C(N)CC(N)=O)C(C)O)C(=O)NC(CCCN=C(N)N)C(=O)O. The molecule has 0 heterocycles. The Hall–Kier alpha value is -3.46. The zero-order valence-corrected chi connectivity index (χ0v) is 20.2. The van der Waals surface area contributed by atoms with Gasteiger partial charge < -0.3 is 49.1 Å². The molecule has 0 aliphatic carbocycles. The van der Waals surface area contributed by atoms with Crippen molar-refractivity contribution in [3.8, 4) is 0 Å². The number of carboxylic acid groups (broad SMARTS) is 1. The topological polar surface area (TPSA) is 278 Å². The smallest absolute Gasteiger partial charge is 0.326 e. The van der Waals surface area contributed by atoms with Gasteiger partial charge in [0.25, 0.3) is 0 Å². The maximum atomic E-state index is 12.8. The van der Waals surface area contributed by atoms with Crippen molar-refractivity contribution in [2.24, 2.45) is 33.8 Å². The first-order valence-corrected chi connectivity index (χ1v) is 11.1. The van der Waals surface area contributed by atoms with Crippen molar-refractivity contribution in [2.45, 2.75) is 76.7 Å². The van der Waals surface area contributed by atoms with Crippen LogP contribution >= 0.6 is 0 Å². The Bertz CT molecular complexity index is 783. The van der Waals surface area contributed by atoms with Gasteiger partial charge in [-0.05, 0) is 32.1 Å². The Kier molecular flexibility index (Phi) is 13.9. The molecule has 0 rings (SSSR count). The summed E-state index contributed by atoms with van der Waals surface area (Å²) in [5.74, 6) is -4.90. The van der Waals surface area contributed by atoms with E-state index >= 15 is 0 Å². The summed E-state index contributed by atoms with van der Waals surface area (Å²) in [6.45, 7) is 4.97. The van der Waals surface area contributed by atoms with Crippen molar-refractivity contribution in [1.82, 2.24) is 16.0 Å². The fraction of sp³-hybridized carbons (Fsp3) is 0.700. The number of aliphatic hydroxyl groups excluding tert-OH is 1. The lowest BCUT2D eigenvalue weighted by molar-refractivity contribution is -0.142. The van der Waals surface area contributed by atoms with Crippen LogP contribution in [0.2, 0.25) is 0 Å². The fourth-order valence-electron chi connectivity index (χ4n) is 2.97. The van der Waals surface area contributed by atoms with Gasteiger partial charge in [0.05, 0.1) is 18.6 Å². The largest absolute Gasteiger partial charge is 0.480 e. The van der Waals surface area contributed by atoms with Crippen LogP contribution in [0.1, 0.15) is 46.5 Å². The minimum Gasteiger partial charge on any atom is -0.480 e. The fourth-order valence-corrected chi connectivity index (χ4v) is 2.97. The van der Waals surface area contributed by atoms with Gasteiger partial charge in [0, 0.05) is 6.54 Å². The number of guanidine groups is 1. The second-order valence-electron chi connectivity index (χ2n) is 8.54. The number of aliphatic carboxylic acids is 1. The van der Waals surface area contributed by atoms with E-state index < -0.39 is 66.3 Å². The maximum Gasteiger partial charge on any atom is 0.326 e. The number of amides is 4. The molecule has 4 amide bonds. The number of aliphatic imine (C=N–C) groups is 1. The van der Waals surface area contributed by atoms with Crippen LogP contribution in [0.5, 0.6) is 0 Å². The molecule has 0 aliphatic rings. The molecule has 0 bridgehead atoms. The van der Waals surface area contributed by atoms with E-state index in [0.717, 1.165) is 0 Å². The number of nitrogens with one attached hydrogen (secondary N) is 3. The molecule has 0 spiro atoms.